The molecule has 0 amide bonds. The summed E-state index contributed by atoms with van der Waals surface area (Å²) in [6.45, 7) is 0. The number of hydrogen-bond donors (Lipinski definition) is 1. The topological polar surface area (TPSA) is 29.5 Å². The Morgan fingerprint density at radius 3 is 2.47 bits per heavy atom. The van der Waals surface area contributed by atoms with Gasteiger partial charge in [0.25, 0.3) is 0 Å². The number of halogens is 3. The van der Waals surface area contributed by atoms with E-state index in [4.69, 9.17) is 4.74 Å². The molecule has 1 heterocycles. The van der Waals surface area contributed by atoms with Gasteiger partial charge in [-0.25, -0.2) is 0 Å². The Kier molecular flexibility index (Phi) is 2.45. The first-order valence-electron chi connectivity index (χ1n) is 5.63. The zero-order valence-electron chi connectivity index (χ0n) is 9.61. The number of hydrogen-bond acceptors (Lipinski definition) is 2. The maximum absolute atomic E-state index is 13.0. The lowest BCUT2D eigenvalue weighted by Gasteiger charge is -2.30. The highest BCUT2D eigenvalue weighted by Gasteiger charge is 2.46. The third-order valence-electron chi connectivity index (χ3n) is 3.06. The van der Waals surface area contributed by atoms with Gasteiger partial charge in [-0.3, -0.25) is 0 Å². The summed E-state index contributed by atoms with van der Waals surface area (Å²) < 4.78 is 44.1. The van der Waals surface area contributed by atoms with Crippen LogP contribution in [0.25, 0.3) is 11.1 Å². The van der Waals surface area contributed by atoms with Gasteiger partial charge in [-0.2, -0.15) is 13.2 Å². The molecule has 1 aliphatic rings. The first-order chi connectivity index (χ1) is 8.98. The highest BCUT2D eigenvalue weighted by atomic mass is 19.4. The predicted octanol–water partition coefficient (Wildman–Crippen LogP) is 4.06. The van der Waals surface area contributed by atoms with E-state index in [-0.39, 0.29) is 17.1 Å². The summed E-state index contributed by atoms with van der Waals surface area (Å²) in [6, 6.07) is 10.4. The van der Waals surface area contributed by atoms with Gasteiger partial charge in [-0.1, -0.05) is 30.3 Å². The van der Waals surface area contributed by atoms with E-state index in [1.165, 1.54) is 30.3 Å². The van der Waals surface area contributed by atoms with Crippen LogP contribution in [-0.4, -0.2) is 11.3 Å². The van der Waals surface area contributed by atoms with Crippen molar-refractivity contribution >= 4 is 0 Å². The summed E-state index contributed by atoms with van der Waals surface area (Å²) in [5.74, 6) is -0.0494. The van der Waals surface area contributed by atoms with Crippen LogP contribution in [0.4, 0.5) is 13.2 Å². The fourth-order valence-electron chi connectivity index (χ4n) is 2.28. The number of fused-ring (bicyclic) bond motifs is 3. The van der Waals surface area contributed by atoms with Crippen molar-refractivity contribution in [3.63, 3.8) is 0 Å². The van der Waals surface area contributed by atoms with E-state index in [0.29, 0.717) is 11.1 Å². The second-order valence-corrected chi connectivity index (χ2v) is 4.28. The van der Waals surface area contributed by atoms with Gasteiger partial charge < -0.3 is 9.84 Å². The number of aromatic hydroxyl groups is 1. The van der Waals surface area contributed by atoms with Gasteiger partial charge in [0.15, 0.2) is 0 Å². The Labute approximate surface area is 107 Å². The van der Waals surface area contributed by atoms with E-state index in [9.17, 15) is 18.3 Å². The van der Waals surface area contributed by atoms with Crippen LogP contribution in [0, 0.1) is 0 Å². The molecule has 0 fully saturated rings. The van der Waals surface area contributed by atoms with Crippen molar-refractivity contribution in [2.75, 3.05) is 0 Å². The third-order valence-corrected chi connectivity index (χ3v) is 3.06. The van der Waals surface area contributed by atoms with Crippen LogP contribution in [-0.2, 0) is 0 Å². The van der Waals surface area contributed by atoms with Crippen molar-refractivity contribution in [2.24, 2.45) is 0 Å². The largest absolute Gasteiger partial charge is 0.507 e. The summed E-state index contributed by atoms with van der Waals surface area (Å²) in [6.07, 6.45) is -6.50. The minimum Gasteiger partial charge on any atom is -0.507 e. The van der Waals surface area contributed by atoms with Crippen molar-refractivity contribution in [1.82, 2.24) is 0 Å². The second kappa shape index (κ2) is 3.91. The van der Waals surface area contributed by atoms with Gasteiger partial charge in [0.2, 0.25) is 6.10 Å². The molecule has 2 aromatic rings. The van der Waals surface area contributed by atoms with Crippen LogP contribution >= 0.6 is 0 Å². The molecule has 0 aromatic heterocycles. The third kappa shape index (κ3) is 1.82. The first kappa shape index (κ1) is 11.9. The fraction of sp³-hybridized carbons (Fsp3) is 0.143. The molecule has 5 heteroatoms. The number of ether oxygens (including phenoxy) is 1. The minimum atomic E-state index is -4.50. The van der Waals surface area contributed by atoms with Gasteiger partial charge >= 0.3 is 6.18 Å². The van der Waals surface area contributed by atoms with Crippen LogP contribution in [0.3, 0.4) is 0 Å². The van der Waals surface area contributed by atoms with Crippen LogP contribution in [0.5, 0.6) is 11.5 Å². The van der Waals surface area contributed by atoms with Crippen molar-refractivity contribution < 1.29 is 23.0 Å². The molecule has 0 spiro atoms. The van der Waals surface area contributed by atoms with Crippen molar-refractivity contribution in [1.29, 1.82) is 0 Å². The summed E-state index contributed by atoms with van der Waals surface area (Å²) >= 11 is 0. The number of alkyl halides is 3. The average Bonchev–Trinajstić information content (AvgIpc) is 2.36. The van der Waals surface area contributed by atoms with Crippen LogP contribution < -0.4 is 4.74 Å². The van der Waals surface area contributed by atoms with Crippen LogP contribution in [0.15, 0.2) is 42.5 Å². The smallest absolute Gasteiger partial charge is 0.429 e. The van der Waals surface area contributed by atoms with E-state index in [2.05, 4.69) is 0 Å². The monoisotopic (exact) mass is 266 g/mol. The average molecular weight is 266 g/mol. The maximum atomic E-state index is 13.0. The first-order valence-corrected chi connectivity index (χ1v) is 5.63. The lowest BCUT2D eigenvalue weighted by atomic mass is 9.92. The Hall–Kier alpha value is -2.17. The number of phenols is 1. The molecule has 3 rings (SSSR count). The lowest BCUT2D eigenvalue weighted by molar-refractivity contribution is -0.198. The molecule has 2 aromatic carbocycles. The van der Waals surface area contributed by atoms with Gasteiger partial charge in [0.05, 0.1) is 5.56 Å². The van der Waals surface area contributed by atoms with Crippen LogP contribution in [0.2, 0.25) is 0 Å². The molecule has 1 aliphatic heterocycles. The molecule has 19 heavy (non-hydrogen) atoms. The number of rotatable bonds is 0. The molecule has 1 N–H and O–H groups in total. The molecule has 98 valence electrons. The number of benzene rings is 2. The molecule has 0 radical (unpaired) electrons. The minimum absolute atomic E-state index is 0.0176. The molecule has 0 aliphatic carbocycles. The van der Waals surface area contributed by atoms with E-state index >= 15 is 0 Å². The van der Waals surface area contributed by atoms with Crippen LogP contribution in [0.1, 0.15) is 11.7 Å². The summed E-state index contributed by atoms with van der Waals surface area (Å²) in [4.78, 5) is 0. The van der Waals surface area contributed by atoms with Gasteiger partial charge in [-0.05, 0) is 17.7 Å². The standard InChI is InChI=1S/C14H9F3O2/c15-14(16,17)13-9-5-2-1-4-8(9)12-10(18)6-3-7-11(12)19-13/h1-7,13,18H. The molecule has 0 saturated heterocycles. The Morgan fingerprint density at radius 1 is 1.00 bits per heavy atom. The van der Waals surface area contributed by atoms with E-state index < -0.39 is 12.3 Å². The van der Waals surface area contributed by atoms with Gasteiger partial charge in [0.1, 0.15) is 11.5 Å². The molecule has 1 unspecified atom stereocenters. The zero-order valence-corrected chi connectivity index (χ0v) is 9.61. The van der Waals surface area contributed by atoms with E-state index in [1.54, 1.807) is 12.1 Å². The Bertz CT molecular complexity index is 635. The van der Waals surface area contributed by atoms with Gasteiger partial charge in [0, 0.05) is 5.56 Å². The molecular weight excluding hydrogens is 257 g/mol. The molecule has 1 atom stereocenters. The van der Waals surface area contributed by atoms with Crippen molar-refractivity contribution in [3.05, 3.63) is 48.0 Å². The van der Waals surface area contributed by atoms with Crippen molar-refractivity contribution in [3.8, 4) is 22.6 Å². The zero-order chi connectivity index (χ0) is 13.6. The van der Waals surface area contributed by atoms with E-state index in [0.717, 1.165) is 0 Å². The molecule has 0 saturated carbocycles. The normalized spacial score (nSPS) is 17.3. The highest BCUT2D eigenvalue weighted by Crippen LogP contribution is 2.50. The quantitative estimate of drug-likeness (QED) is 0.779. The summed E-state index contributed by atoms with van der Waals surface area (Å²) in [7, 11) is 0. The number of phenolic OH excluding ortho intramolecular Hbond substituents is 1. The molecule has 2 nitrogen and oxygen atoms in total. The predicted molar refractivity (Wildman–Crippen MR) is 63.0 cm³/mol. The Morgan fingerprint density at radius 2 is 1.74 bits per heavy atom. The second-order valence-electron chi connectivity index (χ2n) is 4.28. The lowest BCUT2D eigenvalue weighted by Crippen LogP contribution is -2.28. The van der Waals surface area contributed by atoms with Gasteiger partial charge in [-0.15, -0.1) is 0 Å². The highest BCUT2D eigenvalue weighted by molar-refractivity contribution is 5.80. The van der Waals surface area contributed by atoms with Crippen molar-refractivity contribution in [2.45, 2.75) is 12.3 Å². The fourth-order valence-corrected chi connectivity index (χ4v) is 2.28. The molecule has 0 bridgehead atoms. The molecular formula is C14H9F3O2. The SMILES string of the molecule is Oc1cccc2c1-c1ccccc1C(C(F)(F)F)O2. The Balaban J connectivity index is 2.27. The summed E-state index contributed by atoms with van der Waals surface area (Å²) in [5, 5.41) is 9.83. The maximum Gasteiger partial charge on any atom is 0.429 e. The summed E-state index contributed by atoms with van der Waals surface area (Å²) in [5.41, 5.74) is 0.673. The van der Waals surface area contributed by atoms with E-state index in [1.807, 2.05) is 0 Å².